The molecule has 0 amide bonds. The summed E-state index contributed by atoms with van der Waals surface area (Å²) in [6.45, 7) is 3.18. The van der Waals surface area contributed by atoms with Crippen LogP contribution >= 0.6 is 43.2 Å². The zero-order valence-electron chi connectivity index (χ0n) is 7.22. The third-order valence-electron chi connectivity index (χ3n) is 1.56. The average molecular weight is 329 g/mol. The Bertz CT molecular complexity index is 258. The van der Waals surface area contributed by atoms with E-state index in [0.717, 1.165) is 13.1 Å². The summed E-state index contributed by atoms with van der Waals surface area (Å²) in [5.74, 6) is 0. The minimum absolute atomic E-state index is 0.0256. The van der Waals surface area contributed by atoms with Crippen LogP contribution in [0, 0.1) is 0 Å². The van der Waals surface area contributed by atoms with Crippen molar-refractivity contribution in [2.24, 2.45) is 5.73 Å². The van der Waals surface area contributed by atoms with E-state index in [9.17, 15) is 0 Å². The standard InChI is InChI=1S/C8H11Br2NOS/c1-2-12-6(4-11)7-3-5(9)8(10)13-7/h3,6H,2,4,11H2,1H3. The fourth-order valence-electron chi connectivity index (χ4n) is 0.990. The summed E-state index contributed by atoms with van der Waals surface area (Å²) in [7, 11) is 0. The van der Waals surface area contributed by atoms with E-state index >= 15 is 0 Å². The van der Waals surface area contributed by atoms with Crippen molar-refractivity contribution in [3.05, 3.63) is 19.2 Å². The summed E-state index contributed by atoms with van der Waals surface area (Å²) in [6.07, 6.45) is 0.0256. The highest BCUT2D eigenvalue weighted by atomic mass is 79.9. The Morgan fingerprint density at radius 3 is 2.69 bits per heavy atom. The zero-order chi connectivity index (χ0) is 9.84. The van der Waals surface area contributed by atoms with Gasteiger partial charge >= 0.3 is 0 Å². The molecular formula is C8H11Br2NOS. The lowest BCUT2D eigenvalue weighted by Crippen LogP contribution is -2.14. The molecule has 0 aromatic carbocycles. The summed E-state index contributed by atoms with van der Waals surface area (Å²) in [4.78, 5) is 1.16. The smallest absolute Gasteiger partial charge is 0.104 e. The van der Waals surface area contributed by atoms with E-state index in [-0.39, 0.29) is 6.10 Å². The second kappa shape index (κ2) is 5.46. The maximum Gasteiger partial charge on any atom is 0.104 e. The molecule has 2 N–H and O–H groups in total. The highest BCUT2D eigenvalue weighted by Gasteiger charge is 2.13. The molecule has 1 aromatic heterocycles. The number of ether oxygens (including phenoxy) is 1. The SMILES string of the molecule is CCOC(CN)c1cc(Br)c(Br)s1. The largest absolute Gasteiger partial charge is 0.372 e. The van der Waals surface area contributed by atoms with E-state index in [4.69, 9.17) is 10.5 Å². The van der Waals surface area contributed by atoms with Gasteiger partial charge in [-0.1, -0.05) is 0 Å². The molecule has 1 rings (SSSR count). The maximum absolute atomic E-state index is 5.60. The Balaban J connectivity index is 2.78. The van der Waals surface area contributed by atoms with Crippen LogP contribution in [0.25, 0.3) is 0 Å². The molecule has 1 atom stereocenters. The first-order chi connectivity index (χ1) is 6.19. The highest BCUT2D eigenvalue weighted by Crippen LogP contribution is 2.36. The topological polar surface area (TPSA) is 35.2 Å². The molecule has 0 saturated heterocycles. The van der Waals surface area contributed by atoms with Crippen LogP contribution in [0.15, 0.2) is 14.3 Å². The third kappa shape index (κ3) is 3.02. The molecule has 74 valence electrons. The Morgan fingerprint density at radius 1 is 1.62 bits per heavy atom. The Kier molecular flexibility index (Phi) is 4.89. The molecule has 0 aliphatic carbocycles. The molecule has 1 unspecified atom stereocenters. The van der Waals surface area contributed by atoms with Crippen molar-refractivity contribution >= 4 is 43.2 Å². The number of hydrogen-bond acceptors (Lipinski definition) is 3. The fraction of sp³-hybridized carbons (Fsp3) is 0.500. The van der Waals surface area contributed by atoms with Crippen molar-refractivity contribution < 1.29 is 4.74 Å². The van der Waals surface area contributed by atoms with Gasteiger partial charge in [0.05, 0.1) is 3.79 Å². The first-order valence-corrected chi connectivity index (χ1v) is 6.35. The average Bonchev–Trinajstić information content (AvgIpc) is 2.43. The van der Waals surface area contributed by atoms with Crippen molar-refractivity contribution in [1.29, 1.82) is 0 Å². The summed E-state index contributed by atoms with van der Waals surface area (Å²) >= 11 is 8.52. The molecule has 0 aliphatic heterocycles. The lowest BCUT2D eigenvalue weighted by atomic mass is 10.3. The van der Waals surface area contributed by atoms with E-state index < -0.39 is 0 Å². The van der Waals surface area contributed by atoms with Gasteiger partial charge in [-0.2, -0.15) is 0 Å². The molecule has 0 aliphatic rings. The van der Waals surface area contributed by atoms with Crippen molar-refractivity contribution in [3.8, 4) is 0 Å². The second-order valence-corrected chi connectivity index (χ2v) is 5.71. The van der Waals surface area contributed by atoms with E-state index in [1.54, 1.807) is 11.3 Å². The van der Waals surface area contributed by atoms with Crippen LogP contribution in [0.1, 0.15) is 17.9 Å². The molecular weight excluding hydrogens is 318 g/mol. The Morgan fingerprint density at radius 2 is 2.31 bits per heavy atom. The van der Waals surface area contributed by atoms with Crippen LogP contribution in [-0.2, 0) is 4.74 Å². The predicted octanol–water partition coefficient (Wildman–Crippen LogP) is 3.31. The van der Waals surface area contributed by atoms with Crippen molar-refractivity contribution in [1.82, 2.24) is 0 Å². The zero-order valence-corrected chi connectivity index (χ0v) is 11.2. The molecule has 1 aromatic rings. The maximum atomic E-state index is 5.60. The molecule has 2 nitrogen and oxygen atoms in total. The first kappa shape index (κ1) is 11.7. The van der Waals surface area contributed by atoms with Crippen LogP contribution in [0.3, 0.4) is 0 Å². The van der Waals surface area contributed by atoms with Gasteiger partial charge in [-0.05, 0) is 44.8 Å². The predicted molar refractivity (Wildman–Crippen MR) is 63.1 cm³/mol. The van der Waals surface area contributed by atoms with E-state index in [1.807, 2.05) is 13.0 Å². The van der Waals surface area contributed by atoms with E-state index in [0.29, 0.717) is 13.2 Å². The summed E-state index contributed by atoms with van der Waals surface area (Å²) in [5, 5.41) is 0. The number of nitrogens with two attached hydrogens (primary N) is 1. The molecule has 13 heavy (non-hydrogen) atoms. The van der Waals surface area contributed by atoms with Gasteiger partial charge in [0.15, 0.2) is 0 Å². The molecule has 0 spiro atoms. The second-order valence-electron chi connectivity index (χ2n) is 2.45. The molecule has 0 fully saturated rings. The van der Waals surface area contributed by atoms with Gasteiger partial charge in [0, 0.05) is 22.5 Å². The molecule has 1 heterocycles. The fourth-order valence-corrected chi connectivity index (χ4v) is 3.14. The van der Waals surface area contributed by atoms with Crippen LogP contribution < -0.4 is 5.73 Å². The van der Waals surface area contributed by atoms with Crippen LogP contribution in [0.2, 0.25) is 0 Å². The number of thiophene rings is 1. The molecule has 0 saturated carbocycles. The van der Waals surface area contributed by atoms with Gasteiger partial charge < -0.3 is 10.5 Å². The van der Waals surface area contributed by atoms with Crippen LogP contribution in [0.5, 0.6) is 0 Å². The van der Waals surface area contributed by atoms with Gasteiger partial charge in [0.1, 0.15) is 6.10 Å². The van der Waals surface area contributed by atoms with Gasteiger partial charge in [0.2, 0.25) is 0 Å². The van der Waals surface area contributed by atoms with Crippen LogP contribution in [-0.4, -0.2) is 13.2 Å². The Hall–Kier alpha value is 0.580. The lowest BCUT2D eigenvalue weighted by Gasteiger charge is -2.11. The van der Waals surface area contributed by atoms with Gasteiger partial charge in [-0.15, -0.1) is 11.3 Å². The monoisotopic (exact) mass is 327 g/mol. The van der Waals surface area contributed by atoms with Gasteiger partial charge in [-0.25, -0.2) is 0 Å². The highest BCUT2D eigenvalue weighted by molar-refractivity contribution is 9.13. The van der Waals surface area contributed by atoms with Gasteiger partial charge in [-0.3, -0.25) is 0 Å². The van der Waals surface area contributed by atoms with Crippen molar-refractivity contribution in [3.63, 3.8) is 0 Å². The quantitative estimate of drug-likeness (QED) is 0.920. The molecule has 0 radical (unpaired) electrons. The lowest BCUT2D eigenvalue weighted by molar-refractivity contribution is 0.0713. The summed E-state index contributed by atoms with van der Waals surface area (Å²) in [6, 6.07) is 2.04. The van der Waals surface area contributed by atoms with Crippen molar-refractivity contribution in [2.45, 2.75) is 13.0 Å². The molecule has 5 heteroatoms. The van der Waals surface area contributed by atoms with Crippen molar-refractivity contribution in [2.75, 3.05) is 13.2 Å². The van der Waals surface area contributed by atoms with Crippen LogP contribution in [0.4, 0.5) is 0 Å². The minimum Gasteiger partial charge on any atom is -0.372 e. The number of rotatable bonds is 4. The number of halogens is 2. The summed E-state index contributed by atoms with van der Waals surface area (Å²) in [5.41, 5.74) is 5.60. The first-order valence-electron chi connectivity index (χ1n) is 3.95. The minimum atomic E-state index is 0.0256. The van der Waals surface area contributed by atoms with Gasteiger partial charge in [0.25, 0.3) is 0 Å². The summed E-state index contributed by atoms with van der Waals surface area (Å²) < 4.78 is 7.63. The normalized spacial score (nSPS) is 13.2. The number of hydrogen-bond donors (Lipinski definition) is 1. The van der Waals surface area contributed by atoms with E-state index in [1.165, 1.54) is 0 Å². The third-order valence-corrected chi connectivity index (χ3v) is 4.91. The Labute approximate surface area is 98.7 Å². The molecule has 0 bridgehead atoms. The van der Waals surface area contributed by atoms with E-state index in [2.05, 4.69) is 31.9 Å².